The van der Waals surface area contributed by atoms with Crippen LogP contribution in [0.4, 0.5) is 0 Å². The minimum Gasteiger partial charge on any atom is -0.342 e. The Morgan fingerprint density at radius 2 is 2.03 bits per heavy atom. The average molecular weight is 394 g/mol. The van der Waals surface area contributed by atoms with E-state index in [4.69, 9.17) is 0 Å². The molecule has 0 saturated carbocycles. The first-order valence-corrected chi connectivity index (χ1v) is 9.98. The summed E-state index contributed by atoms with van der Waals surface area (Å²) in [6.45, 7) is 5.09. The highest BCUT2D eigenvalue weighted by Gasteiger charge is 2.45. The lowest BCUT2D eigenvalue weighted by molar-refractivity contribution is -0.141. The first kappa shape index (κ1) is 19.4. The maximum absolute atomic E-state index is 13.6. The number of pyridine rings is 2. The fourth-order valence-corrected chi connectivity index (χ4v) is 4.75. The molecule has 7 nitrogen and oxygen atoms in total. The molecule has 7 heteroatoms. The molecule has 0 unspecified atom stereocenters. The van der Waals surface area contributed by atoms with Crippen molar-refractivity contribution in [3.8, 4) is 0 Å². The number of amides is 2. The predicted molar refractivity (Wildman–Crippen MR) is 108 cm³/mol. The Morgan fingerprint density at radius 1 is 1.24 bits per heavy atom. The highest BCUT2D eigenvalue weighted by molar-refractivity contribution is 5.81. The number of aromatic nitrogens is 2. The molecule has 4 rings (SSSR count). The summed E-state index contributed by atoms with van der Waals surface area (Å²) in [6, 6.07) is 6.49. The van der Waals surface area contributed by atoms with Crippen LogP contribution in [0.3, 0.4) is 0 Å². The molecule has 0 aromatic carbocycles. The van der Waals surface area contributed by atoms with Crippen LogP contribution in [0.15, 0.2) is 41.5 Å². The molecule has 2 aliphatic rings. The number of fused-ring (bicyclic) bond motifs is 4. The molecule has 1 saturated heterocycles. The quantitative estimate of drug-likeness (QED) is 0.794. The Labute approximate surface area is 170 Å². The van der Waals surface area contributed by atoms with Gasteiger partial charge in [-0.3, -0.25) is 23.9 Å². The van der Waals surface area contributed by atoms with Gasteiger partial charge in [0, 0.05) is 69.6 Å². The van der Waals surface area contributed by atoms with Crippen molar-refractivity contribution in [3.63, 3.8) is 0 Å². The zero-order valence-electron chi connectivity index (χ0n) is 17.0. The molecule has 2 aromatic rings. The molecule has 0 N–H and O–H groups in total. The largest absolute Gasteiger partial charge is 0.342 e. The fourth-order valence-electron chi connectivity index (χ4n) is 4.75. The van der Waals surface area contributed by atoms with E-state index in [9.17, 15) is 14.4 Å². The van der Waals surface area contributed by atoms with Crippen molar-refractivity contribution < 1.29 is 9.59 Å². The Bertz CT molecular complexity index is 1020. The molecule has 2 amide bonds. The molecule has 2 aromatic heterocycles. The molecule has 3 atom stereocenters. The molecule has 2 bridgehead atoms. The van der Waals surface area contributed by atoms with Gasteiger partial charge in [0.25, 0.3) is 5.56 Å². The van der Waals surface area contributed by atoms with Gasteiger partial charge >= 0.3 is 0 Å². The van der Waals surface area contributed by atoms with Crippen LogP contribution in [0, 0.1) is 12.8 Å². The number of nitrogens with zero attached hydrogens (tertiary/aromatic N) is 4. The standard InChI is InChI=1S/C22H26N4O3/c1-14-10-23-8-7-16(14)11-24(3)22(29)21-18-9-17(12-25(13-18)15(2)27)19-5-4-6-20(28)26(19)21/h4-8,10,17-18,21H,9,11-13H2,1-3H3/t17-,18+,21-/m1/s1. The van der Waals surface area contributed by atoms with Crippen molar-refractivity contribution in [2.75, 3.05) is 20.1 Å². The van der Waals surface area contributed by atoms with E-state index in [1.54, 1.807) is 41.9 Å². The van der Waals surface area contributed by atoms with Gasteiger partial charge in [0.15, 0.2) is 0 Å². The first-order valence-electron chi connectivity index (χ1n) is 9.98. The number of rotatable bonds is 3. The van der Waals surface area contributed by atoms with Gasteiger partial charge in [-0.1, -0.05) is 6.07 Å². The van der Waals surface area contributed by atoms with Crippen LogP contribution in [0.2, 0.25) is 0 Å². The van der Waals surface area contributed by atoms with Crippen LogP contribution in [-0.4, -0.2) is 51.3 Å². The number of piperidine rings is 1. The van der Waals surface area contributed by atoms with E-state index in [1.165, 1.54) is 6.07 Å². The van der Waals surface area contributed by atoms with Gasteiger partial charge in [0.2, 0.25) is 11.8 Å². The molecule has 29 heavy (non-hydrogen) atoms. The Kier molecular flexibility index (Phi) is 4.98. The Balaban J connectivity index is 1.70. The summed E-state index contributed by atoms with van der Waals surface area (Å²) < 4.78 is 1.68. The number of hydrogen-bond acceptors (Lipinski definition) is 4. The molecular formula is C22H26N4O3. The predicted octanol–water partition coefficient (Wildman–Crippen LogP) is 1.72. The van der Waals surface area contributed by atoms with Gasteiger partial charge in [-0.05, 0) is 36.6 Å². The van der Waals surface area contributed by atoms with Crippen molar-refractivity contribution >= 4 is 11.8 Å². The first-order chi connectivity index (χ1) is 13.9. The third kappa shape index (κ3) is 3.45. The van der Waals surface area contributed by atoms with Gasteiger partial charge in [-0.15, -0.1) is 0 Å². The number of carbonyl (C=O) groups excluding carboxylic acids is 2. The van der Waals surface area contributed by atoms with Crippen LogP contribution in [-0.2, 0) is 16.1 Å². The fraction of sp³-hybridized carbons (Fsp3) is 0.455. The van der Waals surface area contributed by atoms with Gasteiger partial charge < -0.3 is 9.80 Å². The van der Waals surface area contributed by atoms with E-state index < -0.39 is 6.04 Å². The van der Waals surface area contributed by atoms with Crippen molar-refractivity contribution in [2.45, 2.75) is 38.8 Å². The van der Waals surface area contributed by atoms with Crippen LogP contribution in [0.25, 0.3) is 0 Å². The normalized spacial score (nSPS) is 22.7. The maximum atomic E-state index is 13.6. The van der Waals surface area contributed by atoms with Gasteiger partial charge in [-0.2, -0.15) is 0 Å². The molecule has 2 aliphatic heterocycles. The monoisotopic (exact) mass is 394 g/mol. The van der Waals surface area contributed by atoms with Crippen LogP contribution < -0.4 is 5.56 Å². The molecule has 0 spiro atoms. The number of likely N-dealkylation sites (tertiary alicyclic amines) is 1. The summed E-state index contributed by atoms with van der Waals surface area (Å²) >= 11 is 0. The smallest absolute Gasteiger partial charge is 0.251 e. The van der Waals surface area contributed by atoms with Crippen LogP contribution in [0.1, 0.15) is 42.1 Å². The molecule has 0 radical (unpaired) electrons. The van der Waals surface area contributed by atoms with E-state index in [1.807, 2.05) is 24.0 Å². The molecule has 1 fully saturated rings. The summed E-state index contributed by atoms with van der Waals surface area (Å²) in [6.07, 6.45) is 4.31. The lowest BCUT2D eigenvalue weighted by Crippen LogP contribution is -2.54. The van der Waals surface area contributed by atoms with Crippen LogP contribution >= 0.6 is 0 Å². The third-order valence-electron chi connectivity index (χ3n) is 6.27. The number of likely N-dealkylation sites (N-methyl/N-ethyl adjacent to an activating group) is 1. The molecule has 0 aliphatic carbocycles. The highest BCUT2D eigenvalue weighted by Crippen LogP contribution is 2.41. The Morgan fingerprint density at radius 3 is 2.76 bits per heavy atom. The second-order valence-corrected chi connectivity index (χ2v) is 8.22. The summed E-state index contributed by atoms with van der Waals surface area (Å²) in [7, 11) is 1.77. The van der Waals surface area contributed by atoms with Crippen molar-refractivity contribution in [2.24, 2.45) is 5.92 Å². The van der Waals surface area contributed by atoms with Crippen LogP contribution in [0.5, 0.6) is 0 Å². The summed E-state index contributed by atoms with van der Waals surface area (Å²) in [5.74, 6) is -0.0647. The maximum Gasteiger partial charge on any atom is 0.251 e. The van der Waals surface area contributed by atoms with Crippen molar-refractivity contribution in [1.29, 1.82) is 0 Å². The summed E-state index contributed by atoms with van der Waals surface area (Å²) in [5, 5.41) is 0. The van der Waals surface area contributed by atoms with Gasteiger partial charge in [0.1, 0.15) is 6.04 Å². The van der Waals surface area contributed by atoms with E-state index in [0.717, 1.165) is 23.2 Å². The average Bonchev–Trinajstić information content (AvgIpc) is 2.70. The third-order valence-corrected chi connectivity index (χ3v) is 6.27. The van der Waals surface area contributed by atoms with E-state index in [2.05, 4.69) is 4.98 Å². The van der Waals surface area contributed by atoms with E-state index >= 15 is 0 Å². The topological polar surface area (TPSA) is 75.5 Å². The Hall–Kier alpha value is -2.96. The van der Waals surface area contributed by atoms with Gasteiger partial charge in [0.05, 0.1) is 0 Å². The van der Waals surface area contributed by atoms with E-state index in [0.29, 0.717) is 19.6 Å². The molecular weight excluding hydrogens is 368 g/mol. The minimum atomic E-state index is -0.593. The minimum absolute atomic E-state index is 0.0124. The van der Waals surface area contributed by atoms with Gasteiger partial charge in [-0.25, -0.2) is 0 Å². The molecule has 4 heterocycles. The second-order valence-electron chi connectivity index (χ2n) is 8.22. The lowest BCUT2D eigenvalue weighted by atomic mass is 9.78. The van der Waals surface area contributed by atoms with E-state index in [-0.39, 0.29) is 29.2 Å². The van der Waals surface area contributed by atoms with Crippen molar-refractivity contribution in [1.82, 2.24) is 19.4 Å². The highest BCUT2D eigenvalue weighted by atomic mass is 16.2. The number of carbonyl (C=O) groups is 2. The number of hydrogen-bond donors (Lipinski definition) is 0. The SMILES string of the molecule is CC(=O)N1C[C@H]2C[C@@H](C1)[C@H](C(=O)N(C)Cc1ccncc1C)n1c2cccc1=O. The molecule has 152 valence electrons. The lowest BCUT2D eigenvalue weighted by Gasteiger charge is -2.46. The summed E-state index contributed by atoms with van der Waals surface area (Å²) in [4.78, 5) is 46.0. The number of aryl methyl sites for hydroxylation is 1. The zero-order valence-corrected chi connectivity index (χ0v) is 17.0. The second kappa shape index (κ2) is 7.46. The van der Waals surface area contributed by atoms with Crippen molar-refractivity contribution in [3.05, 3.63) is 63.8 Å². The summed E-state index contributed by atoms with van der Waals surface area (Å²) in [5.41, 5.74) is 2.75. The zero-order chi connectivity index (χ0) is 20.7.